The lowest BCUT2D eigenvalue weighted by molar-refractivity contribution is -0.384. The fraction of sp³-hybridized carbons (Fsp3) is 0.409. The van der Waals surface area contributed by atoms with Crippen LogP contribution in [0.25, 0.3) is 0 Å². The quantitative estimate of drug-likeness (QED) is 0.513. The molecular formula is C22H26N4O4. The Labute approximate surface area is 175 Å². The average Bonchev–Trinajstić information content (AvgIpc) is 3.59. The molecule has 0 spiro atoms. The second-order valence-corrected chi connectivity index (χ2v) is 7.76. The topological polar surface area (TPSA) is 96.7 Å². The van der Waals surface area contributed by atoms with Crippen molar-refractivity contribution in [3.63, 3.8) is 0 Å². The lowest BCUT2D eigenvalue weighted by Gasteiger charge is -2.31. The third-order valence-electron chi connectivity index (χ3n) is 5.45. The van der Waals surface area contributed by atoms with E-state index in [0.29, 0.717) is 31.5 Å². The van der Waals surface area contributed by atoms with Crippen molar-refractivity contribution in [2.45, 2.75) is 24.9 Å². The molecule has 158 valence electrons. The lowest BCUT2D eigenvalue weighted by atomic mass is 10.0. The number of ether oxygens (including phenoxy) is 1. The highest BCUT2D eigenvalue weighted by Crippen LogP contribution is 2.31. The van der Waals surface area contributed by atoms with E-state index in [1.807, 2.05) is 30.3 Å². The summed E-state index contributed by atoms with van der Waals surface area (Å²) in [6.07, 6.45) is 2.03. The summed E-state index contributed by atoms with van der Waals surface area (Å²) in [5, 5.41) is 17.8. The Hall–Kier alpha value is -2.97. The van der Waals surface area contributed by atoms with Gasteiger partial charge in [-0.15, -0.1) is 0 Å². The number of benzene rings is 2. The van der Waals surface area contributed by atoms with Crippen LogP contribution >= 0.6 is 0 Å². The molecule has 30 heavy (non-hydrogen) atoms. The van der Waals surface area contributed by atoms with E-state index in [4.69, 9.17) is 4.74 Å². The number of hydrogen-bond acceptors (Lipinski definition) is 6. The second kappa shape index (κ2) is 9.23. The minimum absolute atomic E-state index is 0.0704. The molecule has 0 radical (unpaired) electrons. The van der Waals surface area contributed by atoms with Crippen molar-refractivity contribution in [3.05, 3.63) is 69.8 Å². The summed E-state index contributed by atoms with van der Waals surface area (Å²) >= 11 is 0. The summed E-state index contributed by atoms with van der Waals surface area (Å²) in [4.78, 5) is 26.3. The Morgan fingerprint density at radius 1 is 1.17 bits per heavy atom. The largest absolute Gasteiger partial charge is 0.379 e. The van der Waals surface area contributed by atoms with Crippen LogP contribution in [0.1, 0.15) is 34.8 Å². The Bertz CT molecular complexity index is 895. The van der Waals surface area contributed by atoms with Crippen molar-refractivity contribution in [1.82, 2.24) is 10.2 Å². The number of anilines is 1. The first-order valence-corrected chi connectivity index (χ1v) is 10.3. The van der Waals surface area contributed by atoms with Gasteiger partial charge in [0.05, 0.1) is 24.2 Å². The van der Waals surface area contributed by atoms with E-state index in [0.717, 1.165) is 31.5 Å². The number of nitro groups is 1. The first-order chi connectivity index (χ1) is 14.6. The van der Waals surface area contributed by atoms with Crippen LogP contribution in [0, 0.1) is 10.1 Å². The summed E-state index contributed by atoms with van der Waals surface area (Å²) < 4.78 is 5.42. The third kappa shape index (κ3) is 5.14. The molecule has 1 aliphatic carbocycles. The van der Waals surface area contributed by atoms with Gasteiger partial charge in [0, 0.05) is 37.3 Å². The van der Waals surface area contributed by atoms with Crippen LogP contribution in [-0.4, -0.2) is 54.6 Å². The number of amides is 1. The summed E-state index contributed by atoms with van der Waals surface area (Å²) in [6, 6.07) is 14.5. The number of nitro benzene ring substituents is 1. The zero-order valence-electron chi connectivity index (χ0n) is 16.8. The molecule has 0 aromatic heterocycles. The molecule has 0 bridgehead atoms. The summed E-state index contributed by atoms with van der Waals surface area (Å²) in [5.41, 5.74) is 1.68. The number of hydrogen-bond donors (Lipinski definition) is 2. The molecular weight excluding hydrogens is 384 g/mol. The number of nitrogens with zero attached hydrogens (tertiary/aromatic N) is 2. The molecule has 8 nitrogen and oxygen atoms in total. The SMILES string of the molecule is O=C(N[C@@H](CN1CCOCC1)c1ccccc1)c1ccc(NC2CC2)c([N+](=O)[O-])c1. The Kier molecular flexibility index (Phi) is 6.25. The summed E-state index contributed by atoms with van der Waals surface area (Å²) in [7, 11) is 0. The fourth-order valence-corrected chi connectivity index (χ4v) is 3.60. The maximum Gasteiger partial charge on any atom is 0.293 e. The molecule has 1 saturated carbocycles. The molecule has 8 heteroatoms. The monoisotopic (exact) mass is 410 g/mol. The number of carbonyl (C=O) groups excluding carboxylic acids is 1. The number of morpholine rings is 1. The highest BCUT2D eigenvalue weighted by molar-refractivity contribution is 5.96. The van der Waals surface area contributed by atoms with Crippen LogP contribution in [0.15, 0.2) is 48.5 Å². The maximum atomic E-state index is 13.0. The van der Waals surface area contributed by atoms with Gasteiger partial charge in [0.25, 0.3) is 11.6 Å². The standard InChI is InChI=1S/C22H26N4O4/c27-22(17-6-9-19(23-18-7-8-18)21(14-17)26(28)29)24-20(16-4-2-1-3-5-16)15-25-10-12-30-13-11-25/h1-6,9,14,18,20,23H,7-8,10-13,15H2,(H,24,27)/t20-/m0/s1. The molecule has 0 unspecified atom stereocenters. The van der Waals surface area contributed by atoms with Gasteiger partial charge in [0.1, 0.15) is 5.69 Å². The van der Waals surface area contributed by atoms with Crippen LogP contribution in [0.4, 0.5) is 11.4 Å². The molecule has 2 fully saturated rings. The number of carbonyl (C=O) groups is 1. The van der Waals surface area contributed by atoms with Gasteiger partial charge in [-0.25, -0.2) is 0 Å². The van der Waals surface area contributed by atoms with E-state index >= 15 is 0 Å². The fourth-order valence-electron chi connectivity index (χ4n) is 3.60. The normalized spacial score (nSPS) is 17.9. The second-order valence-electron chi connectivity index (χ2n) is 7.76. The van der Waals surface area contributed by atoms with Crippen molar-refractivity contribution in [2.75, 3.05) is 38.2 Å². The van der Waals surface area contributed by atoms with Gasteiger partial charge in [0.15, 0.2) is 0 Å². The molecule has 2 N–H and O–H groups in total. The first-order valence-electron chi connectivity index (χ1n) is 10.3. The molecule has 4 rings (SSSR count). The van der Waals surface area contributed by atoms with Crippen LogP contribution in [0.2, 0.25) is 0 Å². The van der Waals surface area contributed by atoms with E-state index < -0.39 is 4.92 Å². The predicted octanol–water partition coefficient (Wildman–Crippen LogP) is 2.97. The molecule has 2 aliphatic rings. The van der Waals surface area contributed by atoms with Gasteiger partial charge in [0.2, 0.25) is 0 Å². The first kappa shape index (κ1) is 20.3. The molecule has 1 atom stereocenters. The van der Waals surface area contributed by atoms with Gasteiger partial charge < -0.3 is 15.4 Å². The number of rotatable bonds is 8. The van der Waals surface area contributed by atoms with Crippen molar-refractivity contribution < 1.29 is 14.5 Å². The van der Waals surface area contributed by atoms with Gasteiger partial charge >= 0.3 is 0 Å². The summed E-state index contributed by atoms with van der Waals surface area (Å²) in [6.45, 7) is 3.63. The Morgan fingerprint density at radius 3 is 2.57 bits per heavy atom. The molecule has 1 amide bonds. The van der Waals surface area contributed by atoms with E-state index in [-0.39, 0.29) is 23.2 Å². The lowest BCUT2D eigenvalue weighted by Crippen LogP contribution is -2.43. The van der Waals surface area contributed by atoms with Gasteiger partial charge in [-0.05, 0) is 30.5 Å². The highest BCUT2D eigenvalue weighted by atomic mass is 16.6. The zero-order chi connectivity index (χ0) is 20.9. The third-order valence-corrected chi connectivity index (χ3v) is 5.45. The van der Waals surface area contributed by atoms with E-state index in [9.17, 15) is 14.9 Å². The van der Waals surface area contributed by atoms with Crippen molar-refractivity contribution in [3.8, 4) is 0 Å². The Balaban J connectivity index is 1.52. The minimum Gasteiger partial charge on any atom is -0.379 e. The smallest absolute Gasteiger partial charge is 0.293 e. The molecule has 2 aromatic carbocycles. The highest BCUT2D eigenvalue weighted by Gasteiger charge is 2.26. The van der Waals surface area contributed by atoms with Crippen LogP contribution in [0.3, 0.4) is 0 Å². The van der Waals surface area contributed by atoms with Crippen LogP contribution < -0.4 is 10.6 Å². The molecule has 2 aromatic rings. The van der Waals surface area contributed by atoms with Gasteiger partial charge in [-0.2, -0.15) is 0 Å². The molecule has 1 saturated heterocycles. The van der Waals surface area contributed by atoms with Crippen molar-refractivity contribution in [1.29, 1.82) is 0 Å². The van der Waals surface area contributed by atoms with Gasteiger partial charge in [-0.3, -0.25) is 19.8 Å². The molecule has 1 aliphatic heterocycles. The maximum absolute atomic E-state index is 13.0. The molecule has 1 heterocycles. The zero-order valence-corrected chi connectivity index (χ0v) is 16.8. The van der Waals surface area contributed by atoms with Gasteiger partial charge in [-0.1, -0.05) is 30.3 Å². The van der Waals surface area contributed by atoms with Crippen LogP contribution in [0.5, 0.6) is 0 Å². The number of nitrogens with one attached hydrogen (secondary N) is 2. The van der Waals surface area contributed by atoms with E-state index in [1.165, 1.54) is 6.07 Å². The average molecular weight is 410 g/mol. The van der Waals surface area contributed by atoms with E-state index in [2.05, 4.69) is 15.5 Å². The van der Waals surface area contributed by atoms with Crippen molar-refractivity contribution in [2.24, 2.45) is 0 Å². The Morgan fingerprint density at radius 2 is 1.90 bits per heavy atom. The van der Waals surface area contributed by atoms with Crippen LogP contribution in [-0.2, 0) is 4.74 Å². The minimum atomic E-state index is -0.441. The predicted molar refractivity (Wildman–Crippen MR) is 114 cm³/mol. The van der Waals surface area contributed by atoms with E-state index in [1.54, 1.807) is 12.1 Å². The van der Waals surface area contributed by atoms with Crippen molar-refractivity contribution >= 4 is 17.3 Å². The summed E-state index contributed by atoms with van der Waals surface area (Å²) in [5.74, 6) is -0.321.